The number of nitrogens with zero attached hydrogens (tertiary/aromatic N) is 2. The summed E-state index contributed by atoms with van der Waals surface area (Å²) in [4.78, 5) is 23.7. The van der Waals surface area contributed by atoms with Gasteiger partial charge in [-0.15, -0.1) is 0 Å². The van der Waals surface area contributed by atoms with E-state index >= 15 is 0 Å². The fourth-order valence-electron chi connectivity index (χ4n) is 1.58. The maximum atomic E-state index is 13.8. The number of nitro groups is 1. The topological polar surface area (TPSA) is 122 Å². The summed E-state index contributed by atoms with van der Waals surface area (Å²) in [6, 6.07) is 11.6. The Kier molecular flexibility index (Phi) is 5.54. The molecule has 8 heteroatoms. The van der Waals surface area contributed by atoms with Crippen molar-refractivity contribution in [2.75, 3.05) is 0 Å². The van der Waals surface area contributed by atoms with Crippen LogP contribution in [0.25, 0.3) is 0 Å². The lowest BCUT2D eigenvalue weighted by molar-refractivity contribution is -0.387. The summed E-state index contributed by atoms with van der Waals surface area (Å²) >= 11 is 0. The summed E-state index contributed by atoms with van der Waals surface area (Å²) in [6.07, 6.45) is 0. The van der Waals surface area contributed by atoms with Crippen molar-refractivity contribution >= 4 is 11.5 Å². The number of carbonyl (C=O) groups is 1. The average molecular weight is 289 g/mol. The molecule has 2 aromatic carbocycles. The summed E-state index contributed by atoms with van der Waals surface area (Å²) < 4.78 is 13.8. The van der Waals surface area contributed by atoms with E-state index in [9.17, 15) is 19.3 Å². The quantitative estimate of drug-likeness (QED) is 0.297. The van der Waals surface area contributed by atoms with Crippen LogP contribution in [0, 0.1) is 27.0 Å². The van der Waals surface area contributed by atoms with Gasteiger partial charge in [0.1, 0.15) is 11.1 Å². The Hall–Kier alpha value is -3.25. The molecule has 0 fully saturated rings. The van der Waals surface area contributed by atoms with Gasteiger partial charge in [-0.25, -0.2) is 0 Å². The van der Waals surface area contributed by atoms with Crippen molar-refractivity contribution < 1.29 is 14.1 Å². The summed E-state index contributed by atoms with van der Waals surface area (Å²) in [6.45, 7) is 0. The van der Waals surface area contributed by atoms with Crippen molar-refractivity contribution in [3.63, 3.8) is 0 Å². The molecule has 2 N–H and O–H groups in total. The van der Waals surface area contributed by atoms with Gasteiger partial charge in [0.25, 0.3) is 0 Å². The van der Waals surface area contributed by atoms with Crippen molar-refractivity contribution in [3.05, 3.63) is 75.6 Å². The number of halogens is 1. The molecule has 2 aromatic rings. The van der Waals surface area contributed by atoms with Crippen LogP contribution in [0.4, 0.5) is 10.1 Å². The van der Waals surface area contributed by atoms with Gasteiger partial charge in [0.15, 0.2) is 5.78 Å². The van der Waals surface area contributed by atoms with Gasteiger partial charge in [0, 0.05) is 11.6 Å². The zero-order valence-corrected chi connectivity index (χ0v) is 10.6. The number of hydrogen-bond acceptors (Lipinski definition) is 5. The third-order valence-corrected chi connectivity index (χ3v) is 2.46. The lowest BCUT2D eigenvalue weighted by Crippen LogP contribution is -2.06. The number of ketones is 1. The minimum absolute atomic E-state index is 0.289. The molecule has 0 saturated heterocycles. The second-order valence-corrected chi connectivity index (χ2v) is 3.70. The van der Waals surface area contributed by atoms with Crippen LogP contribution in [0.5, 0.6) is 0 Å². The maximum Gasteiger partial charge on any atom is 0.305 e. The molecule has 0 bridgehead atoms. The SMILES string of the molecule is N=[N+]=N.O=C(c1ccccc1)c1cccc([N+](=O)[O-])c1F. The van der Waals surface area contributed by atoms with E-state index in [1.165, 1.54) is 24.3 Å². The minimum Gasteiger partial charge on any atom is -0.288 e. The highest BCUT2D eigenvalue weighted by Gasteiger charge is 2.22. The van der Waals surface area contributed by atoms with Gasteiger partial charge in [0.2, 0.25) is 10.7 Å². The first-order chi connectivity index (χ1) is 10.0. The molecular weight excluding hydrogens is 279 g/mol. The van der Waals surface area contributed by atoms with Gasteiger partial charge in [-0.2, -0.15) is 4.39 Å². The van der Waals surface area contributed by atoms with Crippen LogP contribution in [0.1, 0.15) is 15.9 Å². The Morgan fingerprint density at radius 3 is 2.19 bits per heavy atom. The van der Waals surface area contributed by atoms with E-state index in [-0.39, 0.29) is 11.1 Å². The number of nitro benzene ring substituents is 1. The van der Waals surface area contributed by atoms with Crippen molar-refractivity contribution in [1.29, 1.82) is 11.1 Å². The van der Waals surface area contributed by atoms with Gasteiger partial charge in [0.05, 0.1) is 10.5 Å². The van der Waals surface area contributed by atoms with E-state index in [4.69, 9.17) is 11.1 Å². The molecular formula is C13H10FN4O3+. The highest BCUT2D eigenvalue weighted by molar-refractivity contribution is 6.09. The van der Waals surface area contributed by atoms with Gasteiger partial charge in [-0.05, 0) is 6.07 Å². The first-order valence-electron chi connectivity index (χ1n) is 5.58. The summed E-state index contributed by atoms with van der Waals surface area (Å²) in [5, 5.41) is 10.6. The van der Waals surface area contributed by atoms with Crippen LogP contribution in [0.3, 0.4) is 0 Å². The van der Waals surface area contributed by atoms with E-state index in [1.54, 1.807) is 18.2 Å². The third kappa shape index (κ3) is 3.85. The second-order valence-electron chi connectivity index (χ2n) is 3.70. The molecule has 21 heavy (non-hydrogen) atoms. The standard InChI is InChI=1S/C13H8FNO3.H2N3/c14-12-10(7-4-8-11(12)15(17)18)13(16)9-5-2-1-3-6-9;1-3-2/h1-8H;1-2H/q;+1. The van der Waals surface area contributed by atoms with Gasteiger partial charge in [-0.3, -0.25) is 14.9 Å². The molecule has 0 aliphatic heterocycles. The highest BCUT2D eigenvalue weighted by atomic mass is 19.1. The summed E-state index contributed by atoms with van der Waals surface area (Å²) in [5.41, 5.74) is 10.3. The fourth-order valence-corrected chi connectivity index (χ4v) is 1.58. The van der Waals surface area contributed by atoms with E-state index in [1.807, 2.05) is 4.91 Å². The molecule has 106 valence electrons. The van der Waals surface area contributed by atoms with Crippen LogP contribution in [-0.2, 0) is 0 Å². The highest BCUT2D eigenvalue weighted by Crippen LogP contribution is 2.22. The van der Waals surface area contributed by atoms with Crippen molar-refractivity contribution in [2.45, 2.75) is 0 Å². The Balaban J connectivity index is 0.000000677. The van der Waals surface area contributed by atoms with Crippen molar-refractivity contribution in [1.82, 2.24) is 4.91 Å². The van der Waals surface area contributed by atoms with Crippen molar-refractivity contribution in [2.24, 2.45) is 0 Å². The Bertz CT molecular complexity index is 698. The van der Waals surface area contributed by atoms with Gasteiger partial charge >= 0.3 is 5.69 Å². The molecule has 7 nitrogen and oxygen atoms in total. The molecule has 0 heterocycles. The van der Waals surface area contributed by atoms with Crippen LogP contribution >= 0.6 is 0 Å². The van der Waals surface area contributed by atoms with E-state index < -0.39 is 22.2 Å². The van der Waals surface area contributed by atoms with Gasteiger partial charge in [-0.1, -0.05) is 36.4 Å². The zero-order chi connectivity index (χ0) is 15.8. The normalized spacial score (nSPS) is 9.00. The minimum atomic E-state index is -1.10. The number of rotatable bonds is 3. The third-order valence-electron chi connectivity index (χ3n) is 2.46. The van der Waals surface area contributed by atoms with E-state index in [0.717, 1.165) is 6.07 Å². The molecule has 0 atom stereocenters. The van der Waals surface area contributed by atoms with E-state index in [0.29, 0.717) is 0 Å². The lowest BCUT2D eigenvalue weighted by Gasteiger charge is -2.02. The predicted molar refractivity (Wildman–Crippen MR) is 70.5 cm³/mol. The Morgan fingerprint density at radius 2 is 1.67 bits per heavy atom. The largest absolute Gasteiger partial charge is 0.305 e. The van der Waals surface area contributed by atoms with Crippen LogP contribution in [-0.4, -0.2) is 10.7 Å². The first kappa shape index (κ1) is 15.8. The van der Waals surface area contributed by atoms with Crippen LogP contribution in [0.15, 0.2) is 48.5 Å². The maximum absolute atomic E-state index is 13.8. The van der Waals surface area contributed by atoms with Gasteiger partial charge < -0.3 is 0 Å². The monoisotopic (exact) mass is 289 g/mol. The molecule has 0 aromatic heterocycles. The van der Waals surface area contributed by atoms with Crippen LogP contribution in [0.2, 0.25) is 0 Å². The average Bonchev–Trinajstić information content (AvgIpc) is 2.48. The van der Waals surface area contributed by atoms with Crippen molar-refractivity contribution in [3.8, 4) is 0 Å². The van der Waals surface area contributed by atoms with Crippen LogP contribution < -0.4 is 4.91 Å². The molecule has 0 aliphatic carbocycles. The molecule has 0 radical (unpaired) electrons. The molecule has 0 saturated carbocycles. The molecule has 2 rings (SSSR count). The summed E-state index contributed by atoms with van der Waals surface area (Å²) in [7, 11) is 0. The number of benzene rings is 2. The molecule has 0 aliphatic rings. The fraction of sp³-hybridized carbons (Fsp3) is 0. The van der Waals surface area contributed by atoms with E-state index in [2.05, 4.69) is 0 Å². The molecule has 0 unspecified atom stereocenters. The number of hydrogen-bond donors (Lipinski definition) is 2. The summed E-state index contributed by atoms with van der Waals surface area (Å²) in [5.74, 6) is -1.67. The number of carbonyl (C=O) groups excluding carboxylic acids is 1. The second kappa shape index (κ2) is 7.37. The smallest absolute Gasteiger partial charge is 0.288 e. The number of nitrogens with one attached hydrogen (secondary N) is 2. The lowest BCUT2D eigenvalue weighted by atomic mass is 10.0. The molecule has 0 spiro atoms. The Morgan fingerprint density at radius 1 is 1.10 bits per heavy atom. The Labute approximate surface area is 118 Å². The zero-order valence-electron chi connectivity index (χ0n) is 10.6. The predicted octanol–water partition coefficient (Wildman–Crippen LogP) is 3.08. The molecule has 0 amide bonds. The first-order valence-corrected chi connectivity index (χ1v) is 5.58.